The summed E-state index contributed by atoms with van der Waals surface area (Å²) in [6.07, 6.45) is 0.875. The fourth-order valence-corrected chi connectivity index (χ4v) is 5.32. The van der Waals surface area contributed by atoms with Crippen molar-refractivity contribution in [3.8, 4) is 23.0 Å². The highest BCUT2D eigenvalue weighted by Gasteiger charge is 2.28. The Bertz CT molecular complexity index is 1080. The van der Waals surface area contributed by atoms with E-state index in [2.05, 4.69) is 5.32 Å². The molecule has 1 aliphatic heterocycles. The molecule has 9 nitrogen and oxygen atoms in total. The predicted molar refractivity (Wildman–Crippen MR) is 124 cm³/mol. The average Bonchev–Trinajstić information content (AvgIpc) is 2.84. The Balaban J connectivity index is 1.59. The zero-order valence-corrected chi connectivity index (χ0v) is 20.2. The van der Waals surface area contributed by atoms with Crippen LogP contribution < -0.4 is 24.3 Å². The van der Waals surface area contributed by atoms with Crippen molar-refractivity contribution in [2.24, 2.45) is 0 Å². The van der Waals surface area contributed by atoms with Crippen molar-refractivity contribution in [1.82, 2.24) is 9.62 Å². The third-order valence-corrected chi connectivity index (χ3v) is 7.50. The molecule has 2 aromatic carbocycles. The lowest BCUT2D eigenvalue weighted by atomic mass is 10.0. The van der Waals surface area contributed by atoms with E-state index in [-0.39, 0.29) is 36.7 Å². The first-order chi connectivity index (χ1) is 15.8. The molecule has 1 N–H and O–H groups in total. The highest BCUT2D eigenvalue weighted by molar-refractivity contribution is 7.89. The minimum absolute atomic E-state index is 0.0705. The van der Waals surface area contributed by atoms with E-state index >= 15 is 0 Å². The van der Waals surface area contributed by atoms with Crippen LogP contribution in [0.2, 0.25) is 0 Å². The second-order valence-corrected chi connectivity index (χ2v) is 9.61. The van der Waals surface area contributed by atoms with E-state index in [9.17, 15) is 13.2 Å². The number of hydrogen-bond donors (Lipinski definition) is 1. The summed E-state index contributed by atoms with van der Waals surface area (Å²) >= 11 is 0. The summed E-state index contributed by atoms with van der Waals surface area (Å²) in [6.45, 7) is 0.882. The van der Waals surface area contributed by atoms with Gasteiger partial charge in [0.25, 0.3) is 5.91 Å². The first kappa shape index (κ1) is 24.7. The molecule has 0 atom stereocenters. The topological polar surface area (TPSA) is 103 Å². The molecule has 0 aliphatic carbocycles. The first-order valence-electron chi connectivity index (χ1n) is 10.6. The first-order valence-corrected chi connectivity index (χ1v) is 12.2. The summed E-state index contributed by atoms with van der Waals surface area (Å²) in [6, 6.07) is 8.79. The molecule has 0 bridgehead atoms. The standard InChI is InChI=1S/C23H30N2O7S/c1-29-18-7-5-8-19(30-2)22(18)23(26)24-10-6-12-33(27,28)25-11-9-16-13-20(31-3)21(32-4)14-17(16)15-25/h5,7-8,13-14H,6,9-12,15H2,1-4H3,(H,24,26). The molecule has 1 aliphatic rings. The normalized spacial score (nSPS) is 13.7. The quantitative estimate of drug-likeness (QED) is 0.522. The van der Waals surface area contributed by atoms with Crippen LogP contribution in [0.1, 0.15) is 27.9 Å². The lowest BCUT2D eigenvalue weighted by molar-refractivity contribution is 0.0947. The molecule has 33 heavy (non-hydrogen) atoms. The largest absolute Gasteiger partial charge is 0.496 e. The maximum Gasteiger partial charge on any atom is 0.258 e. The van der Waals surface area contributed by atoms with Crippen molar-refractivity contribution in [1.29, 1.82) is 0 Å². The monoisotopic (exact) mass is 478 g/mol. The van der Waals surface area contributed by atoms with Crippen molar-refractivity contribution >= 4 is 15.9 Å². The lowest BCUT2D eigenvalue weighted by Crippen LogP contribution is -2.38. The van der Waals surface area contributed by atoms with E-state index in [4.69, 9.17) is 18.9 Å². The van der Waals surface area contributed by atoms with Crippen molar-refractivity contribution < 1.29 is 32.2 Å². The molecule has 0 radical (unpaired) electrons. The Hall–Kier alpha value is -2.98. The van der Waals surface area contributed by atoms with Crippen molar-refractivity contribution in [3.63, 3.8) is 0 Å². The second kappa shape index (κ2) is 10.8. The molecule has 0 fully saturated rings. The van der Waals surface area contributed by atoms with Crippen molar-refractivity contribution in [2.75, 3.05) is 47.3 Å². The van der Waals surface area contributed by atoms with Gasteiger partial charge in [-0.05, 0) is 48.2 Å². The van der Waals surface area contributed by atoms with Gasteiger partial charge in [-0.25, -0.2) is 8.42 Å². The number of rotatable bonds is 10. The molecule has 10 heteroatoms. The summed E-state index contributed by atoms with van der Waals surface area (Å²) in [4.78, 5) is 12.6. The van der Waals surface area contributed by atoms with Gasteiger partial charge in [0.05, 0.1) is 34.2 Å². The maximum atomic E-state index is 12.9. The van der Waals surface area contributed by atoms with Crippen LogP contribution in [0, 0.1) is 0 Å². The number of fused-ring (bicyclic) bond motifs is 1. The van der Waals surface area contributed by atoms with Crippen LogP contribution in [0.4, 0.5) is 0 Å². The molecule has 0 aromatic heterocycles. The third kappa shape index (κ3) is 5.51. The fraction of sp³-hybridized carbons (Fsp3) is 0.435. The molecule has 0 saturated heterocycles. The van der Waals surface area contributed by atoms with Crippen LogP contribution in [0.3, 0.4) is 0 Å². The van der Waals surface area contributed by atoms with Crippen LogP contribution in [0.25, 0.3) is 0 Å². The van der Waals surface area contributed by atoms with Gasteiger partial charge >= 0.3 is 0 Å². The Morgan fingerprint density at radius 2 is 1.52 bits per heavy atom. The molecule has 0 spiro atoms. The Morgan fingerprint density at radius 3 is 2.09 bits per heavy atom. The third-order valence-electron chi connectivity index (χ3n) is 5.60. The van der Waals surface area contributed by atoms with Gasteiger partial charge in [-0.2, -0.15) is 4.31 Å². The van der Waals surface area contributed by atoms with E-state index in [0.717, 1.165) is 11.1 Å². The number of ether oxygens (including phenoxy) is 4. The molecular formula is C23H30N2O7S. The average molecular weight is 479 g/mol. The van der Waals surface area contributed by atoms with Gasteiger partial charge in [-0.1, -0.05) is 6.07 Å². The molecule has 0 saturated carbocycles. The van der Waals surface area contributed by atoms with Crippen molar-refractivity contribution in [2.45, 2.75) is 19.4 Å². The lowest BCUT2D eigenvalue weighted by Gasteiger charge is -2.29. The van der Waals surface area contributed by atoms with E-state index < -0.39 is 10.0 Å². The van der Waals surface area contributed by atoms with Gasteiger partial charge < -0.3 is 24.3 Å². The molecule has 1 amide bonds. The molecule has 2 aromatic rings. The zero-order chi connectivity index (χ0) is 24.0. The molecule has 180 valence electrons. The highest BCUT2D eigenvalue weighted by Crippen LogP contribution is 2.34. The number of sulfonamides is 1. The Labute approximate surface area is 194 Å². The zero-order valence-electron chi connectivity index (χ0n) is 19.3. The number of amides is 1. The van der Waals surface area contributed by atoms with Gasteiger partial charge in [0.2, 0.25) is 10.0 Å². The van der Waals surface area contributed by atoms with E-state index in [1.807, 2.05) is 12.1 Å². The van der Waals surface area contributed by atoms with Gasteiger partial charge in [0.15, 0.2) is 11.5 Å². The fourth-order valence-electron chi connectivity index (χ4n) is 3.84. The minimum Gasteiger partial charge on any atom is -0.496 e. The number of carbonyl (C=O) groups excluding carboxylic acids is 1. The summed E-state index contributed by atoms with van der Waals surface area (Å²) < 4.78 is 48.5. The smallest absolute Gasteiger partial charge is 0.258 e. The number of methoxy groups -OCH3 is 4. The Kier molecular flexibility index (Phi) is 8.04. The maximum absolute atomic E-state index is 12.9. The van der Waals surface area contributed by atoms with E-state index in [1.54, 1.807) is 32.4 Å². The predicted octanol–water partition coefficient (Wildman–Crippen LogP) is 2.23. The number of hydrogen-bond acceptors (Lipinski definition) is 7. The van der Waals surface area contributed by atoms with Gasteiger partial charge in [-0.3, -0.25) is 4.79 Å². The molecule has 1 heterocycles. The molecule has 0 unspecified atom stereocenters. The van der Waals surface area contributed by atoms with E-state index in [0.29, 0.717) is 36.0 Å². The number of benzene rings is 2. The minimum atomic E-state index is -3.49. The summed E-state index contributed by atoms with van der Waals surface area (Å²) in [5, 5.41) is 2.75. The van der Waals surface area contributed by atoms with Crippen LogP contribution >= 0.6 is 0 Å². The SMILES string of the molecule is COc1cc2c(cc1OC)CN(S(=O)(=O)CCCNC(=O)c1c(OC)cccc1OC)CC2. The van der Waals surface area contributed by atoms with Gasteiger partial charge in [-0.15, -0.1) is 0 Å². The van der Waals surface area contributed by atoms with Gasteiger partial charge in [0, 0.05) is 19.6 Å². The highest BCUT2D eigenvalue weighted by atomic mass is 32.2. The summed E-state index contributed by atoms with van der Waals surface area (Å²) in [7, 11) is 2.58. The van der Waals surface area contributed by atoms with Crippen molar-refractivity contribution in [3.05, 3.63) is 47.0 Å². The number of nitrogens with one attached hydrogen (secondary N) is 1. The van der Waals surface area contributed by atoms with Crippen LogP contribution in [0.15, 0.2) is 30.3 Å². The van der Waals surface area contributed by atoms with Crippen LogP contribution in [-0.2, 0) is 23.0 Å². The molecular weight excluding hydrogens is 448 g/mol. The number of nitrogens with zero attached hydrogens (tertiary/aromatic N) is 1. The summed E-state index contributed by atoms with van der Waals surface area (Å²) in [5.74, 6) is 1.53. The molecule has 3 rings (SSSR count). The second-order valence-electron chi connectivity index (χ2n) is 7.52. The number of carbonyl (C=O) groups is 1. The van der Waals surface area contributed by atoms with E-state index in [1.165, 1.54) is 18.5 Å². The summed E-state index contributed by atoms with van der Waals surface area (Å²) in [5.41, 5.74) is 2.23. The van der Waals surface area contributed by atoms with Crippen LogP contribution in [-0.4, -0.2) is 65.9 Å². The van der Waals surface area contributed by atoms with Gasteiger partial charge in [0.1, 0.15) is 17.1 Å². The Morgan fingerprint density at radius 1 is 0.939 bits per heavy atom. The van der Waals surface area contributed by atoms with Crippen LogP contribution in [0.5, 0.6) is 23.0 Å².